The van der Waals surface area contributed by atoms with Crippen LogP contribution < -0.4 is 15.0 Å². The number of nitrogens with one attached hydrogen (secondary N) is 1. The van der Waals surface area contributed by atoms with Crippen LogP contribution in [0.3, 0.4) is 0 Å². The molecule has 11 nitrogen and oxygen atoms in total. The van der Waals surface area contributed by atoms with E-state index in [1.165, 1.54) is 0 Å². The van der Waals surface area contributed by atoms with Gasteiger partial charge in [-0.25, -0.2) is 21.8 Å². The number of carbonyl (C=O) groups excluding carboxylic acids is 2. The first-order valence-electron chi connectivity index (χ1n) is 14.1. The minimum absolute atomic E-state index is 0.0594. The molecule has 3 aromatic rings. The van der Waals surface area contributed by atoms with Crippen LogP contribution in [0, 0.1) is 6.92 Å². The summed E-state index contributed by atoms with van der Waals surface area (Å²) in [5, 5.41) is 3.10. The van der Waals surface area contributed by atoms with E-state index in [2.05, 4.69) is 22.0 Å². The first-order chi connectivity index (χ1) is 21.5. The molecule has 0 saturated carbocycles. The van der Waals surface area contributed by atoms with Crippen LogP contribution in [0.4, 0.5) is 18.3 Å². The second-order valence-electron chi connectivity index (χ2n) is 10.8. The number of ether oxygens (including phenoxy) is 1. The Bertz CT molecular complexity index is 1780. The maximum absolute atomic E-state index is 13.7. The van der Waals surface area contributed by atoms with Gasteiger partial charge in [-0.2, -0.15) is 4.31 Å². The molecule has 1 amide bonds. The normalized spacial score (nSPS) is 16.3. The molecule has 2 aromatic carbocycles. The number of aromatic nitrogens is 1. The Hall–Kier alpha value is -3.54. The monoisotopic (exact) mass is 702 g/mol. The van der Waals surface area contributed by atoms with Crippen LogP contribution >= 0.6 is 11.3 Å². The number of anilines is 1. The number of Topliss-reactive ketones (excluding diaryl/α,β-unsaturated/α-hetero) is 1. The number of alkyl halides is 3. The molecule has 1 aromatic heterocycles. The molecule has 1 aliphatic heterocycles. The predicted molar refractivity (Wildman–Crippen MR) is 166 cm³/mol. The number of thiazole rings is 1. The molecular formula is C29H33F3N4O7S3. The molecule has 1 aliphatic rings. The number of sulfone groups is 1. The van der Waals surface area contributed by atoms with Crippen molar-refractivity contribution in [3.05, 3.63) is 70.2 Å². The Morgan fingerprint density at radius 3 is 2.24 bits per heavy atom. The summed E-state index contributed by atoms with van der Waals surface area (Å²) in [6.45, 7) is 3.43. The lowest BCUT2D eigenvalue weighted by Crippen LogP contribution is -2.60. The van der Waals surface area contributed by atoms with Crippen LogP contribution in [-0.2, 0) is 37.6 Å². The Labute approximate surface area is 269 Å². The average Bonchev–Trinajstić information content (AvgIpc) is 3.37. The molecule has 17 heteroatoms. The van der Waals surface area contributed by atoms with Crippen molar-refractivity contribution in [3.8, 4) is 5.75 Å². The summed E-state index contributed by atoms with van der Waals surface area (Å²) in [4.78, 5) is 32.1. The fraction of sp³-hybridized carbons (Fsp3) is 0.414. The smallest absolute Gasteiger partial charge is 0.406 e. The van der Waals surface area contributed by atoms with E-state index in [1.807, 2.05) is 24.3 Å². The standard InChI is InChI=1S/C29H33F3N4O7S3/c1-4-5-20-6-8-21(9-7-20)16-33-27(38)24-17-35(28-34-19(2)26(44-28)25(37)18-45(3,39)40)14-15-36(24)46(41,42)23-12-10-22(11-13-23)43-29(30,31)32/h6-13,24H,4-5,14-18H2,1-3H3,(H,33,38)/t24-/m1/s1. The molecule has 0 bridgehead atoms. The summed E-state index contributed by atoms with van der Waals surface area (Å²) in [7, 11) is -7.98. The van der Waals surface area contributed by atoms with E-state index in [9.17, 15) is 39.6 Å². The summed E-state index contributed by atoms with van der Waals surface area (Å²) in [6, 6.07) is 10.0. The largest absolute Gasteiger partial charge is 0.573 e. The molecule has 1 atom stereocenters. The average molecular weight is 703 g/mol. The molecule has 2 heterocycles. The van der Waals surface area contributed by atoms with E-state index < -0.39 is 55.5 Å². The van der Waals surface area contributed by atoms with Gasteiger partial charge in [0.2, 0.25) is 15.9 Å². The van der Waals surface area contributed by atoms with Gasteiger partial charge >= 0.3 is 6.36 Å². The Balaban J connectivity index is 1.60. The maximum atomic E-state index is 13.7. The van der Waals surface area contributed by atoms with Crippen LogP contribution in [0.25, 0.3) is 0 Å². The van der Waals surface area contributed by atoms with E-state index in [0.29, 0.717) is 10.8 Å². The summed E-state index contributed by atoms with van der Waals surface area (Å²) in [6.07, 6.45) is -2.14. The highest BCUT2D eigenvalue weighted by Gasteiger charge is 2.41. The van der Waals surface area contributed by atoms with Crippen molar-refractivity contribution < 1.29 is 44.3 Å². The molecule has 0 radical (unpaired) electrons. The fourth-order valence-corrected chi connectivity index (χ4v) is 8.21. The lowest BCUT2D eigenvalue weighted by molar-refractivity contribution is -0.274. The third kappa shape index (κ3) is 9.04. The van der Waals surface area contributed by atoms with Gasteiger partial charge in [-0.3, -0.25) is 9.59 Å². The zero-order valence-corrected chi connectivity index (χ0v) is 27.7. The number of ketones is 1. The maximum Gasteiger partial charge on any atom is 0.573 e. The van der Waals surface area contributed by atoms with Crippen molar-refractivity contribution in [3.63, 3.8) is 0 Å². The molecule has 0 spiro atoms. The van der Waals surface area contributed by atoms with Crippen molar-refractivity contribution >= 4 is 48.0 Å². The number of halogens is 3. The molecule has 46 heavy (non-hydrogen) atoms. The van der Waals surface area contributed by atoms with Gasteiger partial charge in [-0.15, -0.1) is 13.2 Å². The number of amides is 1. The van der Waals surface area contributed by atoms with E-state index in [4.69, 9.17) is 0 Å². The zero-order valence-electron chi connectivity index (χ0n) is 25.2. The first kappa shape index (κ1) is 35.3. The quantitative estimate of drug-likeness (QED) is 0.280. The van der Waals surface area contributed by atoms with Gasteiger partial charge in [0, 0.05) is 32.4 Å². The van der Waals surface area contributed by atoms with E-state index in [0.717, 1.165) is 70.1 Å². The van der Waals surface area contributed by atoms with E-state index in [1.54, 1.807) is 11.8 Å². The number of piperazine rings is 1. The lowest BCUT2D eigenvalue weighted by atomic mass is 10.1. The number of benzene rings is 2. The Kier molecular flexibility index (Phi) is 10.8. The van der Waals surface area contributed by atoms with Crippen molar-refractivity contribution in [2.24, 2.45) is 0 Å². The highest BCUT2D eigenvalue weighted by atomic mass is 32.2. The molecule has 1 saturated heterocycles. The zero-order chi connectivity index (χ0) is 33.9. The highest BCUT2D eigenvalue weighted by Crippen LogP contribution is 2.31. The fourth-order valence-electron chi connectivity index (χ4n) is 4.89. The summed E-state index contributed by atoms with van der Waals surface area (Å²) >= 11 is 0.951. The minimum atomic E-state index is -4.96. The molecular weight excluding hydrogens is 670 g/mol. The van der Waals surface area contributed by atoms with Gasteiger partial charge in [0.1, 0.15) is 17.5 Å². The van der Waals surface area contributed by atoms with Crippen molar-refractivity contribution in [2.75, 3.05) is 36.5 Å². The molecule has 0 aliphatic carbocycles. The number of aryl methyl sites for hydroxylation is 2. The van der Waals surface area contributed by atoms with Crippen LogP contribution in [0.1, 0.15) is 39.8 Å². The number of hydrogen-bond acceptors (Lipinski definition) is 10. The molecule has 1 N–H and O–H groups in total. The first-order valence-corrected chi connectivity index (χ1v) is 18.4. The molecule has 0 unspecified atom stereocenters. The predicted octanol–water partition coefficient (Wildman–Crippen LogP) is 3.73. The summed E-state index contributed by atoms with van der Waals surface area (Å²) < 4.78 is 93.6. The van der Waals surface area contributed by atoms with E-state index >= 15 is 0 Å². The van der Waals surface area contributed by atoms with Crippen LogP contribution in [0.15, 0.2) is 53.4 Å². The number of hydrogen-bond donors (Lipinski definition) is 1. The van der Waals surface area contributed by atoms with Crippen LogP contribution in [-0.4, -0.2) is 81.9 Å². The van der Waals surface area contributed by atoms with Crippen LogP contribution in [0.2, 0.25) is 0 Å². The SMILES string of the molecule is CCCc1ccc(CNC(=O)[C@H]2CN(c3nc(C)c(C(=O)CS(C)(=O)=O)s3)CCN2S(=O)(=O)c2ccc(OC(F)(F)F)cc2)cc1. The number of sulfonamides is 1. The summed E-state index contributed by atoms with van der Waals surface area (Å²) in [5.41, 5.74) is 2.23. The van der Waals surface area contributed by atoms with Crippen molar-refractivity contribution in [1.82, 2.24) is 14.6 Å². The van der Waals surface area contributed by atoms with E-state index in [-0.39, 0.29) is 36.0 Å². The van der Waals surface area contributed by atoms with Crippen LogP contribution in [0.5, 0.6) is 5.75 Å². The van der Waals surface area contributed by atoms with Gasteiger partial charge < -0.3 is 15.0 Å². The number of carbonyl (C=O) groups is 2. The third-order valence-corrected chi connectivity index (χ3v) is 11.0. The van der Waals surface area contributed by atoms with Crippen molar-refractivity contribution in [1.29, 1.82) is 0 Å². The lowest BCUT2D eigenvalue weighted by Gasteiger charge is -2.39. The second kappa shape index (κ2) is 14.1. The van der Waals surface area contributed by atoms with Gasteiger partial charge in [0.25, 0.3) is 0 Å². The Morgan fingerprint density at radius 1 is 1.02 bits per heavy atom. The minimum Gasteiger partial charge on any atom is -0.406 e. The second-order valence-corrected chi connectivity index (χ2v) is 15.8. The van der Waals surface area contributed by atoms with Gasteiger partial charge in [0.05, 0.1) is 15.5 Å². The molecule has 250 valence electrons. The topological polar surface area (TPSA) is 143 Å². The Morgan fingerprint density at radius 2 is 1.65 bits per heavy atom. The molecule has 1 fully saturated rings. The van der Waals surface area contributed by atoms with Gasteiger partial charge in [0.15, 0.2) is 20.8 Å². The van der Waals surface area contributed by atoms with Crippen molar-refractivity contribution in [2.45, 2.75) is 50.5 Å². The third-order valence-electron chi connectivity index (χ3n) is 7.03. The number of nitrogens with zero attached hydrogens (tertiary/aromatic N) is 3. The van der Waals surface area contributed by atoms with Gasteiger partial charge in [-0.1, -0.05) is 48.9 Å². The molecule has 4 rings (SSSR count). The van der Waals surface area contributed by atoms with Gasteiger partial charge in [-0.05, 0) is 48.7 Å². The summed E-state index contributed by atoms with van der Waals surface area (Å²) in [5.74, 6) is -2.54. The highest BCUT2D eigenvalue weighted by molar-refractivity contribution is 7.91. The number of rotatable bonds is 12.